The van der Waals surface area contributed by atoms with Crippen molar-refractivity contribution in [2.45, 2.75) is 6.42 Å². The molecule has 0 radical (unpaired) electrons. The third-order valence-corrected chi connectivity index (χ3v) is 3.04. The monoisotopic (exact) mass is 305 g/mol. The minimum Gasteiger partial charge on any atom is -0.496 e. The van der Waals surface area contributed by atoms with E-state index in [1.807, 2.05) is 18.2 Å². The summed E-state index contributed by atoms with van der Waals surface area (Å²) in [5, 5.41) is -0.450. The minimum atomic E-state index is -0.450. The summed E-state index contributed by atoms with van der Waals surface area (Å²) in [7, 11) is 3.29. The third-order valence-electron chi connectivity index (χ3n) is 2.26. The van der Waals surface area contributed by atoms with Crippen LogP contribution in [-0.2, 0) is 6.42 Å². The summed E-state index contributed by atoms with van der Waals surface area (Å²) in [6.45, 7) is 0.565. The molecule has 0 N–H and O–H groups in total. The maximum Gasteiger partial charge on any atom is 0.316 e. The van der Waals surface area contributed by atoms with E-state index in [0.717, 1.165) is 15.8 Å². The molecule has 0 atom stereocenters. The fourth-order valence-electron chi connectivity index (χ4n) is 1.32. The van der Waals surface area contributed by atoms with Crippen molar-refractivity contribution in [2.24, 2.45) is 0 Å². The number of halogens is 2. The fraction of sp³-hybridized carbons (Fsp3) is 0.364. The lowest BCUT2D eigenvalue weighted by Gasteiger charge is -2.14. The first kappa shape index (κ1) is 13.3. The highest BCUT2D eigenvalue weighted by molar-refractivity contribution is 9.10. The number of benzene rings is 1. The standard InChI is InChI=1S/C11H13BrClNO2/c1-14(11(13)15)6-5-8-7-9(12)3-4-10(8)16-2/h3-4,7H,5-6H2,1-2H3. The van der Waals surface area contributed by atoms with E-state index >= 15 is 0 Å². The molecule has 0 aliphatic carbocycles. The van der Waals surface area contributed by atoms with Crippen LogP contribution in [0.2, 0.25) is 0 Å². The Morgan fingerprint density at radius 3 is 2.81 bits per heavy atom. The number of ether oxygens (including phenoxy) is 1. The summed E-state index contributed by atoms with van der Waals surface area (Å²) >= 11 is 8.75. The lowest BCUT2D eigenvalue weighted by Crippen LogP contribution is -2.23. The largest absolute Gasteiger partial charge is 0.496 e. The summed E-state index contributed by atoms with van der Waals surface area (Å²) in [5.41, 5.74) is 1.04. The van der Waals surface area contributed by atoms with Crippen LogP contribution in [0.15, 0.2) is 22.7 Å². The lowest BCUT2D eigenvalue weighted by atomic mass is 10.1. The van der Waals surface area contributed by atoms with Crippen molar-refractivity contribution < 1.29 is 9.53 Å². The Morgan fingerprint density at radius 1 is 1.56 bits per heavy atom. The van der Waals surface area contributed by atoms with Gasteiger partial charge in [-0.25, -0.2) is 0 Å². The molecule has 0 aliphatic rings. The number of carbonyl (C=O) groups excluding carboxylic acids is 1. The van der Waals surface area contributed by atoms with Crippen molar-refractivity contribution in [3.8, 4) is 5.75 Å². The Hall–Kier alpha value is -0.740. The number of nitrogens with zero attached hydrogens (tertiary/aromatic N) is 1. The Bertz CT molecular complexity index is 384. The summed E-state index contributed by atoms with van der Waals surface area (Å²) in [5.74, 6) is 0.818. The predicted octanol–water partition coefficient (Wildman–Crippen LogP) is 3.29. The average Bonchev–Trinajstić information content (AvgIpc) is 2.25. The second kappa shape index (κ2) is 6.11. The highest BCUT2D eigenvalue weighted by Gasteiger charge is 2.08. The molecule has 0 unspecified atom stereocenters. The van der Waals surface area contributed by atoms with Crippen molar-refractivity contribution in [3.05, 3.63) is 28.2 Å². The molecule has 0 aromatic heterocycles. The Kier molecular flexibility index (Phi) is 5.09. The van der Waals surface area contributed by atoms with E-state index in [1.54, 1.807) is 14.2 Å². The molecule has 1 rings (SSSR count). The van der Waals surface area contributed by atoms with Crippen LogP contribution in [0.5, 0.6) is 5.75 Å². The summed E-state index contributed by atoms with van der Waals surface area (Å²) in [4.78, 5) is 12.3. The maximum atomic E-state index is 10.8. The van der Waals surface area contributed by atoms with Gasteiger partial charge < -0.3 is 9.64 Å². The van der Waals surface area contributed by atoms with Crippen molar-refractivity contribution >= 4 is 32.9 Å². The van der Waals surface area contributed by atoms with Crippen molar-refractivity contribution in [3.63, 3.8) is 0 Å². The topological polar surface area (TPSA) is 29.5 Å². The normalized spacial score (nSPS) is 10.0. The van der Waals surface area contributed by atoms with Crippen LogP contribution in [0.25, 0.3) is 0 Å². The van der Waals surface area contributed by atoms with Gasteiger partial charge in [-0.05, 0) is 41.8 Å². The van der Waals surface area contributed by atoms with Crippen molar-refractivity contribution in [2.75, 3.05) is 20.7 Å². The first-order valence-electron chi connectivity index (χ1n) is 4.77. The number of hydrogen-bond donors (Lipinski definition) is 0. The molecule has 0 spiro atoms. The van der Waals surface area contributed by atoms with Gasteiger partial charge in [-0.3, -0.25) is 4.79 Å². The van der Waals surface area contributed by atoms with E-state index in [1.165, 1.54) is 4.90 Å². The van der Waals surface area contributed by atoms with E-state index in [-0.39, 0.29) is 0 Å². The molecular weight excluding hydrogens is 293 g/mol. The molecule has 3 nitrogen and oxygen atoms in total. The second-order valence-corrected chi connectivity index (χ2v) is 4.62. The van der Waals surface area contributed by atoms with Crippen molar-refractivity contribution in [1.82, 2.24) is 4.90 Å². The molecule has 0 bridgehead atoms. The molecule has 1 amide bonds. The minimum absolute atomic E-state index is 0.450. The molecule has 0 saturated carbocycles. The van der Waals surface area contributed by atoms with Gasteiger partial charge in [-0.1, -0.05) is 15.9 Å². The molecule has 0 heterocycles. The molecular formula is C11H13BrClNO2. The maximum absolute atomic E-state index is 10.8. The number of amides is 1. The van der Waals surface area contributed by atoms with Gasteiger partial charge in [0, 0.05) is 18.1 Å². The van der Waals surface area contributed by atoms with Gasteiger partial charge in [0.05, 0.1) is 7.11 Å². The van der Waals surface area contributed by atoms with Crippen LogP contribution in [0.4, 0.5) is 4.79 Å². The molecule has 1 aromatic carbocycles. The lowest BCUT2D eigenvalue weighted by molar-refractivity contribution is 0.232. The average molecular weight is 307 g/mol. The first-order valence-corrected chi connectivity index (χ1v) is 5.94. The van der Waals surface area contributed by atoms with Gasteiger partial charge >= 0.3 is 5.37 Å². The van der Waals surface area contributed by atoms with E-state index < -0.39 is 5.37 Å². The van der Waals surface area contributed by atoms with Crippen LogP contribution in [0.3, 0.4) is 0 Å². The zero-order chi connectivity index (χ0) is 12.1. The summed E-state index contributed by atoms with van der Waals surface area (Å²) in [6.07, 6.45) is 0.706. The van der Waals surface area contributed by atoms with Gasteiger partial charge in [0.25, 0.3) is 0 Å². The zero-order valence-electron chi connectivity index (χ0n) is 9.17. The molecule has 16 heavy (non-hydrogen) atoms. The number of hydrogen-bond acceptors (Lipinski definition) is 2. The van der Waals surface area contributed by atoms with E-state index in [2.05, 4.69) is 15.9 Å². The highest BCUT2D eigenvalue weighted by atomic mass is 79.9. The van der Waals surface area contributed by atoms with E-state index in [9.17, 15) is 4.79 Å². The highest BCUT2D eigenvalue weighted by Crippen LogP contribution is 2.23. The van der Waals surface area contributed by atoms with Crippen LogP contribution in [0.1, 0.15) is 5.56 Å². The van der Waals surface area contributed by atoms with Crippen LogP contribution >= 0.6 is 27.5 Å². The van der Waals surface area contributed by atoms with Gasteiger partial charge in [0.15, 0.2) is 0 Å². The molecule has 0 saturated heterocycles. The third kappa shape index (κ3) is 3.68. The second-order valence-electron chi connectivity index (χ2n) is 3.38. The number of rotatable bonds is 4. The van der Waals surface area contributed by atoms with E-state index in [4.69, 9.17) is 16.3 Å². The van der Waals surface area contributed by atoms with Gasteiger partial charge in [0.2, 0.25) is 0 Å². The van der Waals surface area contributed by atoms with Gasteiger partial charge in [0.1, 0.15) is 5.75 Å². The van der Waals surface area contributed by atoms with Crippen molar-refractivity contribution in [1.29, 1.82) is 0 Å². The summed E-state index contributed by atoms with van der Waals surface area (Å²) < 4.78 is 6.22. The predicted molar refractivity (Wildman–Crippen MR) is 68.3 cm³/mol. The van der Waals surface area contributed by atoms with Crippen LogP contribution in [-0.4, -0.2) is 31.0 Å². The van der Waals surface area contributed by atoms with Crippen LogP contribution in [0, 0.1) is 0 Å². The smallest absolute Gasteiger partial charge is 0.316 e. The zero-order valence-corrected chi connectivity index (χ0v) is 11.5. The molecule has 0 fully saturated rings. The number of carbonyl (C=O) groups is 1. The SMILES string of the molecule is COc1ccc(Br)cc1CCN(C)C(=O)Cl. The van der Waals surface area contributed by atoms with Gasteiger partial charge in [-0.2, -0.15) is 0 Å². The van der Waals surface area contributed by atoms with Crippen LogP contribution < -0.4 is 4.74 Å². The Morgan fingerprint density at radius 2 is 2.25 bits per heavy atom. The molecule has 5 heteroatoms. The summed E-state index contributed by atoms with van der Waals surface area (Å²) in [6, 6.07) is 5.78. The van der Waals surface area contributed by atoms with Gasteiger partial charge in [-0.15, -0.1) is 0 Å². The Balaban J connectivity index is 2.72. The van der Waals surface area contributed by atoms with E-state index in [0.29, 0.717) is 13.0 Å². The fourth-order valence-corrected chi connectivity index (χ4v) is 1.81. The molecule has 0 aliphatic heterocycles. The Labute approximate surface area is 108 Å². The molecule has 1 aromatic rings. The quantitative estimate of drug-likeness (QED) is 0.631. The molecule has 88 valence electrons. The number of likely N-dealkylation sites (N-methyl/N-ethyl adjacent to an activating group) is 1. The first-order chi connectivity index (χ1) is 7.54. The number of methoxy groups -OCH3 is 1.